The van der Waals surface area contributed by atoms with E-state index in [1.807, 2.05) is 81.3 Å². The summed E-state index contributed by atoms with van der Waals surface area (Å²) in [5.41, 5.74) is -0.416. The van der Waals surface area contributed by atoms with E-state index in [1.165, 1.54) is 4.90 Å². The standard InChI is InChI=1S/C32H58N6O5/c1-19(2)24(33-28(40)25(20(3)4)35(10)11)30(42)36(12)26(21(5)6)31(43)38-18-14-16-23(38)29(41)37-17-13-15-22(37)27(39)34-32(7,8)9/h19-26H,13-18H2,1-12H3,(H,33,40)(H,34,39)/t22-,23-,24+,25+,26+/m1/s1. The first kappa shape index (κ1) is 36.5. The summed E-state index contributed by atoms with van der Waals surface area (Å²) in [6.07, 6.45) is 2.51. The minimum atomic E-state index is -0.813. The summed E-state index contributed by atoms with van der Waals surface area (Å²) < 4.78 is 0. The summed E-state index contributed by atoms with van der Waals surface area (Å²) in [7, 11) is 5.29. The largest absolute Gasteiger partial charge is 0.350 e. The van der Waals surface area contributed by atoms with Gasteiger partial charge in [0.1, 0.15) is 24.2 Å². The van der Waals surface area contributed by atoms with Gasteiger partial charge >= 0.3 is 0 Å². The second-order valence-electron chi connectivity index (χ2n) is 14.6. The van der Waals surface area contributed by atoms with E-state index in [0.717, 1.165) is 6.42 Å². The van der Waals surface area contributed by atoms with Crippen LogP contribution in [0.1, 0.15) is 88.0 Å². The van der Waals surface area contributed by atoms with Crippen LogP contribution in [-0.4, -0.2) is 119 Å². The van der Waals surface area contributed by atoms with E-state index in [1.54, 1.807) is 16.8 Å². The molecule has 5 amide bonds. The molecule has 2 aliphatic rings. The number of carbonyl (C=O) groups excluding carboxylic acids is 5. The molecule has 5 atom stereocenters. The molecule has 0 unspecified atom stereocenters. The number of likely N-dealkylation sites (tertiary alicyclic amines) is 2. The van der Waals surface area contributed by atoms with Gasteiger partial charge in [0.2, 0.25) is 29.5 Å². The Balaban J connectivity index is 2.27. The predicted molar refractivity (Wildman–Crippen MR) is 168 cm³/mol. The van der Waals surface area contributed by atoms with Gasteiger partial charge in [0.05, 0.1) is 6.04 Å². The first-order valence-electron chi connectivity index (χ1n) is 16.0. The monoisotopic (exact) mass is 606 g/mol. The molecule has 0 aromatic rings. The van der Waals surface area contributed by atoms with Crippen LogP contribution >= 0.6 is 0 Å². The molecule has 2 saturated heterocycles. The van der Waals surface area contributed by atoms with E-state index >= 15 is 0 Å². The number of likely N-dealkylation sites (N-methyl/N-ethyl adjacent to an activating group) is 2. The summed E-state index contributed by atoms with van der Waals surface area (Å²) in [4.78, 5) is 74.7. The number of carbonyl (C=O) groups is 5. The van der Waals surface area contributed by atoms with E-state index < -0.39 is 35.7 Å². The molecule has 246 valence electrons. The lowest BCUT2D eigenvalue weighted by Gasteiger charge is -2.39. The van der Waals surface area contributed by atoms with Gasteiger partial charge in [0, 0.05) is 25.7 Å². The normalized spacial score (nSPS) is 21.4. The van der Waals surface area contributed by atoms with E-state index in [2.05, 4.69) is 10.6 Å². The van der Waals surface area contributed by atoms with Crippen molar-refractivity contribution in [1.29, 1.82) is 0 Å². The van der Waals surface area contributed by atoms with Crippen molar-refractivity contribution in [2.45, 2.75) is 124 Å². The van der Waals surface area contributed by atoms with Crippen LogP contribution in [0, 0.1) is 17.8 Å². The zero-order valence-electron chi connectivity index (χ0n) is 28.7. The number of hydrogen-bond acceptors (Lipinski definition) is 6. The highest BCUT2D eigenvalue weighted by Gasteiger charge is 2.46. The Morgan fingerprint density at radius 1 is 0.744 bits per heavy atom. The highest BCUT2D eigenvalue weighted by Crippen LogP contribution is 2.28. The summed E-state index contributed by atoms with van der Waals surface area (Å²) in [6.45, 7) is 18.1. The van der Waals surface area contributed by atoms with Gasteiger partial charge in [-0.3, -0.25) is 28.9 Å². The maximum atomic E-state index is 14.2. The van der Waals surface area contributed by atoms with Crippen molar-refractivity contribution < 1.29 is 24.0 Å². The smallest absolute Gasteiger partial charge is 0.246 e. The van der Waals surface area contributed by atoms with Crippen LogP contribution in [0.15, 0.2) is 0 Å². The Morgan fingerprint density at radius 2 is 1.26 bits per heavy atom. The van der Waals surface area contributed by atoms with Crippen LogP contribution < -0.4 is 10.6 Å². The van der Waals surface area contributed by atoms with Gasteiger partial charge in [-0.15, -0.1) is 0 Å². The quantitative estimate of drug-likeness (QED) is 0.372. The van der Waals surface area contributed by atoms with Gasteiger partial charge in [-0.25, -0.2) is 0 Å². The summed E-state index contributed by atoms with van der Waals surface area (Å²) in [5.74, 6) is -1.61. The molecule has 0 aromatic heterocycles. The molecule has 0 aliphatic carbocycles. The van der Waals surface area contributed by atoms with Gasteiger partial charge in [-0.2, -0.15) is 0 Å². The Kier molecular flexibility index (Phi) is 12.6. The van der Waals surface area contributed by atoms with Crippen LogP contribution in [0.3, 0.4) is 0 Å². The van der Waals surface area contributed by atoms with Gasteiger partial charge in [-0.1, -0.05) is 41.5 Å². The molecule has 2 fully saturated rings. The molecule has 11 heteroatoms. The second kappa shape index (κ2) is 14.9. The Hall–Kier alpha value is -2.69. The minimum Gasteiger partial charge on any atom is -0.350 e. The Morgan fingerprint density at radius 3 is 1.72 bits per heavy atom. The van der Waals surface area contributed by atoms with Crippen molar-refractivity contribution in [3.05, 3.63) is 0 Å². The molecule has 2 N–H and O–H groups in total. The molecular formula is C32H58N6O5. The number of nitrogens with one attached hydrogen (secondary N) is 2. The minimum absolute atomic E-state index is 0.0417. The average molecular weight is 607 g/mol. The molecule has 0 aromatic carbocycles. The third-order valence-electron chi connectivity index (χ3n) is 8.49. The van der Waals surface area contributed by atoms with Crippen LogP contribution in [-0.2, 0) is 24.0 Å². The lowest BCUT2D eigenvalue weighted by Crippen LogP contribution is -2.61. The van der Waals surface area contributed by atoms with Gasteiger partial charge < -0.3 is 25.3 Å². The molecule has 11 nitrogen and oxygen atoms in total. The third-order valence-corrected chi connectivity index (χ3v) is 8.49. The topological polar surface area (TPSA) is 122 Å². The van der Waals surface area contributed by atoms with Gasteiger partial charge in [0.25, 0.3) is 0 Å². The summed E-state index contributed by atoms with van der Waals surface area (Å²) in [6, 6.07) is -3.25. The Bertz CT molecular complexity index is 1010. The average Bonchev–Trinajstić information content (AvgIpc) is 3.55. The van der Waals surface area contributed by atoms with Gasteiger partial charge in [0.15, 0.2) is 0 Å². The molecule has 2 aliphatic heterocycles. The van der Waals surface area contributed by atoms with Crippen molar-refractivity contribution in [2.75, 3.05) is 34.2 Å². The first-order valence-corrected chi connectivity index (χ1v) is 16.0. The van der Waals surface area contributed by atoms with E-state index in [0.29, 0.717) is 32.4 Å². The van der Waals surface area contributed by atoms with Crippen LogP contribution in [0.25, 0.3) is 0 Å². The number of rotatable bonds is 11. The van der Waals surface area contributed by atoms with Crippen molar-refractivity contribution >= 4 is 29.5 Å². The zero-order valence-corrected chi connectivity index (χ0v) is 28.7. The van der Waals surface area contributed by atoms with Crippen molar-refractivity contribution in [1.82, 2.24) is 30.2 Å². The molecule has 0 spiro atoms. The fourth-order valence-electron chi connectivity index (χ4n) is 6.54. The van der Waals surface area contributed by atoms with Crippen molar-refractivity contribution in [3.63, 3.8) is 0 Å². The molecule has 0 saturated carbocycles. The van der Waals surface area contributed by atoms with Crippen LogP contribution in [0.5, 0.6) is 0 Å². The Labute approximate surface area is 259 Å². The molecule has 2 rings (SSSR count). The number of hydrogen-bond donors (Lipinski definition) is 2. The van der Waals surface area contributed by atoms with E-state index in [4.69, 9.17) is 0 Å². The molecule has 2 heterocycles. The molecule has 0 radical (unpaired) electrons. The maximum Gasteiger partial charge on any atom is 0.246 e. The van der Waals surface area contributed by atoms with E-state index in [-0.39, 0.29) is 47.3 Å². The highest BCUT2D eigenvalue weighted by atomic mass is 16.2. The fraction of sp³-hybridized carbons (Fsp3) is 0.844. The SMILES string of the molecule is CC(C)[C@H](NC(=O)[C@H](C(C)C)N(C)C)C(=O)N(C)[C@H](C(=O)N1CCC[C@@H]1C(=O)N1CCC[C@@H]1C(=O)NC(C)(C)C)C(C)C. The van der Waals surface area contributed by atoms with Gasteiger partial charge in [-0.05, 0) is 78.3 Å². The molecular weight excluding hydrogens is 548 g/mol. The van der Waals surface area contributed by atoms with Crippen molar-refractivity contribution in [3.8, 4) is 0 Å². The lowest BCUT2D eigenvalue weighted by atomic mass is 9.96. The van der Waals surface area contributed by atoms with Crippen LogP contribution in [0.2, 0.25) is 0 Å². The predicted octanol–water partition coefficient (Wildman–Crippen LogP) is 2.09. The molecule has 0 bridgehead atoms. The number of amides is 5. The first-order chi connectivity index (χ1) is 19.8. The van der Waals surface area contributed by atoms with Crippen LogP contribution in [0.4, 0.5) is 0 Å². The second-order valence-corrected chi connectivity index (χ2v) is 14.6. The van der Waals surface area contributed by atoms with E-state index in [9.17, 15) is 24.0 Å². The third kappa shape index (κ3) is 8.92. The maximum absolute atomic E-state index is 14.2. The lowest BCUT2D eigenvalue weighted by molar-refractivity contribution is -0.153. The zero-order chi connectivity index (χ0) is 33.0. The summed E-state index contributed by atoms with van der Waals surface area (Å²) >= 11 is 0. The summed E-state index contributed by atoms with van der Waals surface area (Å²) in [5, 5.41) is 5.96. The van der Waals surface area contributed by atoms with Crippen molar-refractivity contribution in [2.24, 2.45) is 17.8 Å². The molecule has 43 heavy (non-hydrogen) atoms. The highest BCUT2D eigenvalue weighted by molar-refractivity contribution is 5.96. The number of nitrogens with zero attached hydrogens (tertiary/aromatic N) is 4. The fourth-order valence-corrected chi connectivity index (χ4v) is 6.54.